The molecule has 2 rings (SSSR count). The molecule has 1 N–H and O–H groups in total. The summed E-state index contributed by atoms with van der Waals surface area (Å²) in [5.74, 6) is 2.09. The first-order valence-electron chi connectivity index (χ1n) is 7.56. The molecule has 0 spiro atoms. The van der Waals surface area contributed by atoms with Crippen LogP contribution in [0.5, 0.6) is 0 Å². The third-order valence-corrected chi connectivity index (χ3v) is 4.14. The first-order valence-corrected chi connectivity index (χ1v) is 7.56. The molecule has 102 valence electrons. The minimum atomic E-state index is 0.729. The van der Waals surface area contributed by atoms with Crippen molar-refractivity contribution in [1.29, 1.82) is 0 Å². The molecule has 1 saturated carbocycles. The Labute approximate surface area is 111 Å². The highest BCUT2D eigenvalue weighted by molar-refractivity contribution is 4.95. The molecule has 1 heterocycles. The fourth-order valence-corrected chi connectivity index (χ4v) is 3.20. The minimum absolute atomic E-state index is 0.729. The molecular weight excluding hydrogens is 222 g/mol. The summed E-state index contributed by atoms with van der Waals surface area (Å²) in [6.45, 7) is 6.54. The average molecular weight is 249 g/mol. The van der Waals surface area contributed by atoms with Gasteiger partial charge in [0, 0.05) is 31.4 Å². The van der Waals surface area contributed by atoms with Crippen LogP contribution in [0.1, 0.15) is 51.8 Å². The van der Waals surface area contributed by atoms with Gasteiger partial charge < -0.3 is 9.88 Å². The Kier molecular flexibility index (Phi) is 5.24. The van der Waals surface area contributed by atoms with E-state index in [1.54, 1.807) is 0 Å². The topological polar surface area (TPSA) is 29.9 Å². The Morgan fingerprint density at radius 2 is 2.17 bits per heavy atom. The van der Waals surface area contributed by atoms with Crippen molar-refractivity contribution in [3.8, 4) is 0 Å². The third kappa shape index (κ3) is 3.58. The van der Waals surface area contributed by atoms with Crippen LogP contribution < -0.4 is 5.32 Å². The molecule has 2 atom stereocenters. The molecule has 0 saturated heterocycles. The molecule has 3 nitrogen and oxygen atoms in total. The summed E-state index contributed by atoms with van der Waals surface area (Å²) in [6, 6.07) is 0.729. The highest BCUT2D eigenvalue weighted by Crippen LogP contribution is 2.26. The monoisotopic (exact) mass is 249 g/mol. The van der Waals surface area contributed by atoms with Crippen LogP contribution in [0.25, 0.3) is 0 Å². The van der Waals surface area contributed by atoms with E-state index in [0.29, 0.717) is 0 Å². The highest BCUT2D eigenvalue weighted by atomic mass is 15.1. The first-order chi connectivity index (χ1) is 8.83. The fourth-order valence-electron chi connectivity index (χ4n) is 3.20. The van der Waals surface area contributed by atoms with E-state index < -0.39 is 0 Å². The Balaban J connectivity index is 1.94. The van der Waals surface area contributed by atoms with Crippen molar-refractivity contribution in [3.63, 3.8) is 0 Å². The molecule has 0 bridgehead atoms. The van der Waals surface area contributed by atoms with Gasteiger partial charge in [0.15, 0.2) is 0 Å². The lowest BCUT2D eigenvalue weighted by Crippen LogP contribution is -2.30. The van der Waals surface area contributed by atoms with Gasteiger partial charge in [0.25, 0.3) is 0 Å². The zero-order valence-electron chi connectivity index (χ0n) is 11.9. The second-order valence-electron chi connectivity index (χ2n) is 5.47. The highest BCUT2D eigenvalue weighted by Gasteiger charge is 2.21. The molecule has 0 aromatic carbocycles. The predicted molar refractivity (Wildman–Crippen MR) is 75.6 cm³/mol. The van der Waals surface area contributed by atoms with E-state index in [1.807, 2.05) is 6.20 Å². The molecule has 18 heavy (non-hydrogen) atoms. The van der Waals surface area contributed by atoms with Crippen molar-refractivity contribution in [2.75, 3.05) is 6.54 Å². The smallest absolute Gasteiger partial charge is 0.108 e. The van der Waals surface area contributed by atoms with Crippen LogP contribution in [-0.2, 0) is 13.0 Å². The van der Waals surface area contributed by atoms with Crippen LogP contribution >= 0.6 is 0 Å². The van der Waals surface area contributed by atoms with Crippen molar-refractivity contribution in [3.05, 3.63) is 18.2 Å². The molecule has 1 aliphatic carbocycles. The van der Waals surface area contributed by atoms with Crippen LogP contribution in [-0.4, -0.2) is 22.1 Å². The number of nitrogens with zero attached hydrogens (tertiary/aromatic N) is 2. The normalized spacial score (nSPS) is 25.0. The predicted octanol–water partition coefficient (Wildman–Crippen LogP) is 3.00. The number of imidazole rings is 1. The summed E-state index contributed by atoms with van der Waals surface area (Å²) in [5, 5.41) is 3.64. The van der Waals surface area contributed by atoms with Gasteiger partial charge >= 0.3 is 0 Å². The second-order valence-corrected chi connectivity index (χ2v) is 5.47. The summed E-state index contributed by atoms with van der Waals surface area (Å²) in [4.78, 5) is 4.53. The zero-order valence-corrected chi connectivity index (χ0v) is 11.9. The molecular formula is C15H27N3. The number of hydrogen-bond acceptors (Lipinski definition) is 2. The second kappa shape index (κ2) is 6.93. The van der Waals surface area contributed by atoms with Crippen molar-refractivity contribution in [1.82, 2.24) is 14.9 Å². The number of hydrogen-bond donors (Lipinski definition) is 1. The van der Waals surface area contributed by atoms with E-state index in [2.05, 4.69) is 34.9 Å². The van der Waals surface area contributed by atoms with Gasteiger partial charge in [0.1, 0.15) is 5.82 Å². The summed E-state index contributed by atoms with van der Waals surface area (Å²) in [7, 11) is 0. The lowest BCUT2D eigenvalue weighted by Gasteiger charge is -2.20. The molecule has 1 aliphatic rings. The van der Waals surface area contributed by atoms with Gasteiger partial charge in [-0.15, -0.1) is 0 Å². The first kappa shape index (κ1) is 13.6. The SMILES string of the molecule is CCNC1CCCCC(Cc2nccn2CC)C1. The maximum atomic E-state index is 4.53. The van der Waals surface area contributed by atoms with Gasteiger partial charge in [-0.05, 0) is 38.6 Å². The molecule has 0 radical (unpaired) electrons. The number of nitrogens with one attached hydrogen (secondary N) is 1. The molecule has 3 heteroatoms. The standard InChI is InChI=1S/C15H27N3/c1-3-16-14-8-6-5-7-13(11-14)12-15-17-9-10-18(15)4-2/h9-10,13-14,16H,3-8,11-12H2,1-2H3. The molecule has 1 aromatic heterocycles. The van der Waals surface area contributed by atoms with Crippen molar-refractivity contribution in [2.45, 2.75) is 65.0 Å². The van der Waals surface area contributed by atoms with Crippen molar-refractivity contribution < 1.29 is 0 Å². The summed E-state index contributed by atoms with van der Waals surface area (Å²) in [5.41, 5.74) is 0. The molecule has 1 aromatic rings. The molecule has 1 fully saturated rings. The number of aryl methyl sites for hydroxylation is 1. The summed E-state index contributed by atoms with van der Waals surface area (Å²) < 4.78 is 2.28. The van der Waals surface area contributed by atoms with E-state index in [0.717, 1.165) is 31.5 Å². The van der Waals surface area contributed by atoms with Crippen molar-refractivity contribution in [2.24, 2.45) is 5.92 Å². The minimum Gasteiger partial charge on any atom is -0.335 e. The third-order valence-electron chi connectivity index (χ3n) is 4.14. The van der Waals surface area contributed by atoms with E-state index >= 15 is 0 Å². The average Bonchev–Trinajstić information content (AvgIpc) is 2.69. The van der Waals surface area contributed by atoms with Gasteiger partial charge in [0.05, 0.1) is 0 Å². The largest absolute Gasteiger partial charge is 0.335 e. The van der Waals surface area contributed by atoms with Gasteiger partial charge in [0.2, 0.25) is 0 Å². The Morgan fingerprint density at radius 1 is 1.33 bits per heavy atom. The molecule has 0 amide bonds. The maximum absolute atomic E-state index is 4.53. The van der Waals surface area contributed by atoms with Gasteiger partial charge in [-0.3, -0.25) is 0 Å². The van der Waals surface area contributed by atoms with E-state index in [4.69, 9.17) is 0 Å². The molecule has 0 aliphatic heterocycles. The quantitative estimate of drug-likeness (QED) is 0.813. The Hall–Kier alpha value is -0.830. The lowest BCUT2D eigenvalue weighted by atomic mass is 9.94. The number of aromatic nitrogens is 2. The van der Waals surface area contributed by atoms with Crippen LogP contribution in [0.15, 0.2) is 12.4 Å². The maximum Gasteiger partial charge on any atom is 0.108 e. The van der Waals surface area contributed by atoms with Crippen LogP contribution in [0.3, 0.4) is 0 Å². The Morgan fingerprint density at radius 3 is 2.94 bits per heavy atom. The van der Waals surface area contributed by atoms with E-state index in [1.165, 1.54) is 37.9 Å². The van der Waals surface area contributed by atoms with Crippen molar-refractivity contribution >= 4 is 0 Å². The van der Waals surface area contributed by atoms with Gasteiger partial charge in [-0.25, -0.2) is 4.98 Å². The molecule has 2 unspecified atom stereocenters. The van der Waals surface area contributed by atoms with Crippen LogP contribution in [0, 0.1) is 5.92 Å². The van der Waals surface area contributed by atoms with Crippen LogP contribution in [0.4, 0.5) is 0 Å². The number of rotatable bonds is 5. The van der Waals surface area contributed by atoms with Crippen LogP contribution in [0.2, 0.25) is 0 Å². The van der Waals surface area contributed by atoms with Gasteiger partial charge in [-0.1, -0.05) is 19.8 Å². The van der Waals surface area contributed by atoms with E-state index in [-0.39, 0.29) is 0 Å². The van der Waals surface area contributed by atoms with E-state index in [9.17, 15) is 0 Å². The summed E-state index contributed by atoms with van der Waals surface area (Å²) >= 11 is 0. The zero-order chi connectivity index (χ0) is 12.8. The summed E-state index contributed by atoms with van der Waals surface area (Å²) in [6.07, 6.45) is 12.0. The fraction of sp³-hybridized carbons (Fsp3) is 0.800. The Bertz CT molecular complexity index is 345. The lowest BCUT2D eigenvalue weighted by molar-refractivity contribution is 0.380. The van der Waals surface area contributed by atoms with Gasteiger partial charge in [-0.2, -0.15) is 0 Å².